The molecule has 5 rings (SSSR count). The van der Waals surface area contributed by atoms with Gasteiger partial charge in [-0.3, -0.25) is 0 Å². The minimum absolute atomic E-state index is 0.253. The smallest absolute Gasteiger partial charge is 0.215 e. The lowest BCUT2D eigenvalue weighted by Crippen LogP contribution is -2.10. The van der Waals surface area contributed by atoms with Crippen LogP contribution in [0.4, 0.5) is 35.1 Å². The Morgan fingerprint density at radius 3 is 1.08 bits per heavy atom. The van der Waals surface area contributed by atoms with Gasteiger partial charge in [-0.2, -0.15) is 77.2 Å². The SMILES string of the molecule is N#CC(C#N)=C1C(c2cc(F)nc(C(F)(F)F)c2)=C(C#N)c2c(C#N)c3c(c(C#N)c21)C(=C(C#N)C#N)C(c1cc(F)nc(C(F)(F)F)c1)=C3C#N. The third kappa shape index (κ3) is 5.20. The van der Waals surface area contributed by atoms with Gasteiger partial charge in [-0.25, -0.2) is 9.97 Å². The molecule has 0 saturated carbocycles. The molecule has 0 amide bonds. The van der Waals surface area contributed by atoms with Crippen molar-refractivity contribution in [2.45, 2.75) is 12.4 Å². The van der Waals surface area contributed by atoms with Crippen molar-refractivity contribution in [3.63, 3.8) is 0 Å². The van der Waals surface area contributed by atoms with E-state index in [9.17, 15) is 77.2 Å². The van der Waals surface area contributed by atoms with E-state index in [2.05, 4.69) is 9.97 Å². The monoisotopic (exact) mass is 704 g/mol. The van der Waals surface area contributed by atoms with E-state index in [1.807, 2.05) is 0 Å². The van der Waals surface area contributed by atoms with Gasteiger partial charge in [0.25, 0.3) is 0 Å². The van der Waals surface area contributed by atoms with Crippen molar-refractivity contribution < 1.29 is 35.1 Å². The molecule has 246 valence electrons. The van der Waals surface area contributed by atoms with Gasteiger partial charge in [-0.15, -0.1) is 0 Å². The predicted octanol–water partition coefficient (Wildman–Crippen LogP) is 7.03. The number of fused-ring (bicyclic) bond motifs is 2. The topological polar surface area (TPSA) is 216 Å². The molecule has 10 nitrogen and oxygen atoms in total. The molecule has 0 radical (unpaired) electrons. The van der Waals surface area contributed by atoms with E-state index >= 15 is 0 Å². The number of benzene rings is 1. The molecule has 2 aromatic heterocycles. The highest BCUT2D eigenvalue weighted by atomic mass is 19.4. The van der Waals surface area contributed by atoms with Crippen LogP contribution in [0.15, 0.2) is 35.4 Å². The highest BCUT2D eigenvalue weighted by molar-refractivity contribution is 6.32. The number of rotatable bonds is 2. The molecule has 0 aliphatic heterocycles. The van der Waals surface area contributed by atoms with E-state index in [0.717, 1.165) is 0 Å². The number of alkyl halides is 6. The molecule has 52 heavy (non-hydrogen) atoms. The molecule has 0 atom stereocenters. The average molecular weight is 704 g/mol. The van der Waals surface area contributed by atoms with Crippen LogP contribution < -0.4 is 0 Å². The van der Waals surface area contributed by atoms with Crippen molar-refractivity contribution in [2.24, 2.45) is 0 Å². The standard InChI is InChI=1S/C34H4F8N10/c35-23-3-13(1-21(51-23)33(37,38)39)25-17(9-47)29-19(11-49)30-18(10-48)26(14-2-22(34(40,41)42)52-24(36)4-14)28(16(7-45)8-46)32(30)20(12-50)31(29)27(25)15(5-43)6-44/h1-4H. The van der Waals surface area contributed by atoms with Gasteiger partial charge >= 0.3 is 12.4 Å². The van der Waals surface area contributed by atoms with Gasteiger partial charge in [0, 0.05) is 56.7 Å². The summed E-state index contributed by atoms with van der Waals surface area (Å²) in [6, 6.07) is 13.6. The summed E-state index contributed by atoms with van der Waals surface area (Å²) < 4.78 is 112. The van der Waals surface area contributed by atoms with Crippen LogP contribution in [0.2, 0.25) is 0 Å². The zero-order valence-electron chi connectivity index (χ0n) is 24.8. The molecule has 2 aliphatic rings. The summed E-state index contributed by atoms with van der Waals surface area (Å²) in [5.74, 6) is -3.49. The van der Waals surface area contributed by atoms with Gasteiger partial charge in [0.1, 0.15) is 71.1 Å². The molecule has 0 bridgehead atoms. The van der Waals surface area contributed by atoms with E-state index in [1.54, 1.807) is 24.3 Å². The van der Waals surface area contributed by atoms with Gasteiger partial charge in [0.05, 0.1) is 22.3 Å². The summed E-state index contributed by atoms with van der Waals surface area (Å²) >= 11 is 0. The summed E-state index contributed by atoms with van der Waals surface area (Å²) in [6.45, 7) is 0. The fraction of sp³-hybridized carbons (Fsp3) is 0.0588. The Morgan fingerprint density at radius 1 is 0.481 bits per heavy atom. The number of pyridine rings is 2. The van der Waals surface area contributed by atoms with Crippen LogP contribution in [-0.2, 0) is 12.4 Å². The number of aromatic nitrogens is 2. The van der Waals surface area contributed by atoms with E-state index < -0.39 is 125 Å². The number of hydrogen-bond donors (Lipinski definition) is 0. The zero-order chi connectivity index (χ0) is 38.4. The van der Waals surface area contributed by atoms with Gasteiger partial charge in [0.2, 0.25) is 11.9 Å². The van der Waals surface area contributed by atoms with Crippen LogP contribution in [0.25, 0.3) is 33.4 Å². The molecule has 3 aromatic rings. The second-order valence-electron chi connectivity index (χ2n) is 10.3. The number of nitriles is 8. The quantitative estimate of drug-likeness (QED) is 0.151. The van der Waals surface area contributed by atoms with E-state index in [0.29, 0.717) is 12.1 Å². The van der Waals surface area contributed by atoms with Crippen molar-refractivity contribution in [3.05, 3.63) is 103 Å². The zero-order valence-corrected chi connectivity index (χ0v) is 24.8. The van der Waals surface area contributed by atoms with Crippen LogP contribution in [0.3, 0.4) is 0 Å². The van der Waals surface area contributed by atoms with Crippen LogP contribution in [0.1, 0.15) is 55.9 Å². The second kappa shape index (κ2) is 12.4. The highest BCUT2D eigenvalue weighted by Gasteiger charge is 2.45. The Labute approximate surface area is 284 Å². The Morgan fingerprint density at radius 2 is 0.808 bits per heavy atom. The predicted molar refractivity (Wildman–Crippen MR) is 155 cm³/mol. The lowest BCUT2D eigenvalue weighted by Gasteiger charge is -2.16. The average Bonchev–Trinajstić information content (AvgIpc) is 3.61. The van der Waals surface area contributed by atoms with Crippen molar-refractivity contribution in [1.82, 2.24) is 9.97 Å². The van der Waals surface area contributed by atoms with Gasteiger partial charge in [0.15, 0.2) is 0 Å². The van der Waals surface area contributed by atoms with Gasteiger partial charge in [-0.1, -0.05) is 0 Å². The molecule has 0 spiro atoms. The first kappa shape index (κ1) is 35.2. The lowest BCUT2D eigenvalue weighted by atomic mass is 9.82. The molecule has 0 N–H and O–H groups in total. The second-order valence-corrected chi connectivity index (χ2v) is 10.3. The van der Waals surface area contributed by atoms with E-state index in [-0.39, 0.29) is 12.1 Å². The first-order valence-electron chi connectivity index (χ1n) is 13.5. The Hall–Kier alpha value is -8.16. The van der Waals surface area contributed by atoms with Crippen molar-refractivity contribution in [1.29, 1.82) is 42.1 Å². The molecule has 0 unspecified atom stereocenters. The maximum Gasteiger partial charge on any atom is 0.433 e. The Bertz CT molecular complexity index is 2500. The number of hydrogen-bond acceptors (Lipinski definition) is 10. The van der Waals surface area contributed by atoms with Crippen molar-refractivity contribution >= 4 is 33.4 Å². The third-order valence-corrected chi connectivity index (χ3v) is 7.64. The normalized spacial score (nSPS) is 13.0. The molecule has 2 heterocycles. The van der Waals surface area contributed by atoms with Crippen molar-refractivity contribution in [2.75, 3.05) is 0 Å². The minimum Gasteiger partial charge on any atom is -0.215 e. The van der Waals surface area contributed by atoms with Crippen LogP contribution >= 0.6 is 0 Å². The first-order valence-corrected chi connectivity index (χ1v) is 13.5. The molecule has 18 heteroatoms. The molecule has 2 aliphatic carbocycles. The summed E-state index contributed by atoms with van der Waals surface area (Å²) in [6.07, 6.45) is -10.6. The van der Waals surface area contributed by atoms with Crippen LogP contribution in [0, 0.1) is 103 Å². The number of halogens is 8. The highest BCUT2D eigenvalue weighted by Crippen LogP contribution is 2.58. The van der Waals surface area contributed by atoms with Gasteiger partial charge in [-0.05, 0) is 23.3 Å². The van der Waals surface area contributed by atoms with Gasteiger partial charge < -0.3 is 0 Å². The molecule has 0 fully saturated rings. The largest absolute Gasteiger partial charge is 0.433 e. The maximum absolute atomic E-state index is 14.6. The molecule has 1 aromatic carbocycles. The third-order valence-electron chi connectivity index (χ3n) is 7.64. The summed E-state index contributed by atoms with van der Waals surface area (Å²) in [7, 11) is 0. The Kier molecular flexibility index (Phi) is 8.37. The van der Waals surface area contributed by atoms with Crippen LogP contribution in [0.5, 0.6) is 0 Å². The number of nitrogens with zero attached hydrogens (tertiary/aromatic N) is 10. The Balaban J connectivity index is 2.11. The summed E-state index contributed by atoms with van der Waals surface area (Å²) in [4.78, 5) is 5.56. The fourth-order valence-corrected chi connectivity index (χ4v) is 5.87. The fourth-order valence-electron chi connectivity index (χ4n) is 5.87. The summed E-state index contributed by atoms with van der Waals surface area (Å²) in [5, 5.41) is 81.6. The molecule has 0 saturated heterocycles. The summed E-state index contributed by atoms with van der Waals surface area (Å²) in [5.41, 5.74) is -16.4. The first-order chi connectivity index (χ1) is 24.6. The maximum atomic E-state index is 14.6. The van der Waals surface area contributed by atoms with E-state index in [4.69, 9.17) is 0 Å². The van der Waals surface area contributed by atoms with E-state index in [1.165, 1.54) is 24.3 Å². The molecular weight excluding hydrogens is 700 g/mol. The van der Waals surface area contributed by atoms with Crippen LogP contribution in [-0.4, -0.2) is 9.97 Å². The lowest BCUT2D eigenvalue weighted by molar-refractivity contribution is -0.142. The minimum atomic E-state index is -5.28. The number of allylic oxidation sites excluding steroid dienone is 8. The molecular formula is C34H4F8N10. The van der Waals surface area contributed by atoms with Crippen molar-refractivity contribution in [3.8, 4) is 48.6 Å².